The molecule has 0 spiro atoms. The maximum absolute atomic E-state index is 5.69. The number of thiazole rings is 1. The van der Waals surface area contributed by atoms with Gasteiger partial charge in [0.2, 0.25) is 0 Å². The summed E-state index contributed by atoms with van der Waals surface area (Å²) in [7, 11) is 0. The Labute approximate surface area is 177 Å². The molecular weight excluding hydrogens is 459 g/mol. The maximum Gasteiger partial charge on any atom is 0.191 e. The molecule has 0 saturated carbocycles. The third kappa shape index (κ3) is 8.46. The topological polar surface area (TPSA) is 58.5 Å². The van der Waals surface area contributed by atoms with Gasteiger partial charge in [0, 0.05) is 18.5 Å². The molecule has 0 aliphatic rings. The van der Waals surface area contributed by atoms with Crippen molar-refractivity contribution in [2.75, 3.05) is 19.7 Å². The molecule has 5 nitrogen and oxygen atoms in total. The van der Waals surface area contributed by atoms with Gasteiger partial charge in [-0.1, -0.05) is 44.2 Å². The average molecular weight is 488 g/mol. The fourth-order valence-electron chi connectivity index (χ4n) is 2.16. The van der Waals surface area contributed by atoms with Gasteiger partial charge in [0.05, 0.1) is 25.5 Å². The first kappa shape index (κ1) is 22.9. The van der Waals surface area contributed by atoms with Crippen LogP contribution in [-0.2, 0) is 17.9 Å². The molecule has 0 amide bonds. The lowest BCUT2D eigenvalue weighted by Gasteiger charge is -2.11. The molecule has 0 atom stereocenters. The second kappa shape index (κ2) is 13.1. The molecule has 0 saturated heterocycles. The number of benzene rings is 1. The van der Waals surface area contributed by atoms with Crippen LogP contribution in [0.2, 0.25) is 0 Å². The Kier molecular flexibility index (Phi) is 11.5. The number of hydrogen-bond donors (Lipinski definition) is 2. The van der Waals surface area contributed by atoms with Crippen LogP contribution in [0.15, 0.2) is 40.7 Å². The summed E-state index contributed by atoms with van der Waals surface area (Å²) >= 11 is 1.67. The molecule has 2 aromatic rings. The summed E-state index contributed by atoms with van der Waals surface area (Å²) < 4.78 is 5.69. The third-order valence-corrected chi connectivity index (χ3v) is 4.38. The van der Waals surface area contributed by atoms with E-state index >= 15 is 0 Å². The molecule has 0 radical (unpaired) electrons. The van der Waals surface area contributed by atoms with Crippen LogP contribution in [0.3, 0.4) is 0 Å². The van der Waals surface area contributed by atoms with E-state index in [4.69, 9.17) is 4.74 Å². The highest BCUT2D eigenvalue weighted by atomic mass is 127. The van der Waals surface area contributed by atoms with Gasteiger partial charge < -0.3 is 15.4 Å². The van der Waals surface area contributed by atoms with Crippen molar-refractivity contribution in [2.24, 2.45) is 4.99 Å². The molecule has 7 heteroatoms. The molecule has 0 aliphatic carbocycles. The molecule has 0 unspecified atom stereocenters. The van der Waals surface area contributed by atoms with Crippen LogP contribution in [-0.4, -0.2) is 30.6 Å². The number of aromatic nitrogens is 1. The van der Waals surface area contributed by atoms with E-state index in [1.165, 1.54) is 5.56 Å². The van der Waals surface area contributed by atoms with Crippen molar-refractivity contribution in [3.05, 3.63) is 52.0 Å². The number of guanidine groups is 1. The largest absolute Gasteiger partial charge is 0.375 e. The fraction of sp³-hybridized carbons (Fsp3) is 0.474. The lowest BCUT2D eigenvalue weighted by molar-refractivity contribution is 0.125. The molecule has 2 rings (SSSR count). The van der Waals surface area contributed by atoms with Gasteiger partial charge in [0.25, 0.3) is 0 Å². The fourth-order valence-corrected chi connectivity index (χ4v) is 3.04. The van der Waals surface area contributed by atoms with Gasteiger partial charge in [-0.2, -0.15) is 0 Å². The third-order valence-electron chi connectivity index (χ3n) is 3.53. The first-order chi connectivity index (χ1) is 12.2. The molecule has 1 heterocycles. The normalized spacial score (nSPS) is 11.3. The number of ether oxygens (including phenoxy) is 1. The summed E-state index contributed by atoms with van der Waals surface area (Å²) in [5.74, 6) is 1.26. The minimum atomic E-state index is 0. The molecule has 26 heavy (non-hydrogen) atoms. The summed E-state index contributed by atoms with van der Waals surface area (Å²) in [5.41, 5.74) is 2.33. The molecule has 1 aromatic heterocycles. The molecule has 2 N–H and O–H groups in total. The number of hydrogen-bond acceptors (Lipinski definition) is 4. The van der Waals surface area contributed by atoms with E-state index in [1.807, 2.05) is 18.2 Å². The van der Waals surface area contributed by atoms with E-state index in [0.717, 1.165) is 23.2 Å². The predicted molar refractivity (Wildman–Crippen MR) is 121 cm³/mol. The van der Waals surface area contributed by atoms with Crippen molar-refractivity contribution in [2.45, 2.75) is 39.8 Å². The molecule has 0 aliphatic heterocycles. The zero-order valence-corrected chi connectivity index (χ0v) is 18.8. The number of halogens is 1. The SMILES string of the molecule is CCNC(=NCc1nc(C(C)C)cs1)NCCOCc1ccccc1.I. The number of rotatable bonds is 9. The minimum Gasteiger partial charge on any atom is -0.375 e. The Morgan fingerprint density at radius 1 is 1.23 bits per heavy atom. The van der Waals surface area contributed by atoms with E-state index in [2.05, 4.69) is 58.9 Å². The Bertz CT molecular complexity index is 646. The second-order valence-corrected chi connectivity index (χ2v) is 6.92. The summed E-state index contributed by atoms with van der Waals surface area (Å²) in [6.07, 6.45) is 0. The smallest absolute Gasteiger partial charge is 0.191 e. The Morgan fingerprint density at radius 2 is 2.00 bits per heavy atom. The van der Waals surface area contributed by atoms with Crippen molar-refractivity contribution >= 4 is 41.3 Å². The van der Waals surface area contributed by atoms with Crippen molar-refractivity contribution in [1.29, 1.82) is 0 Å². The molecule has 0 bridgehead atoms. The lowest BCUT2D eigenvalue weighted by atomic mass is 10.2. The van der Waals surface area contributed by atoms with Gasteiger partial charge in [-0.25, -0.2) is 9.98 Å². The average Bonchev–Trinajstić information content (AvgIpc) is 3.09. The van der Waals surface area contributed by atoms with Gasteiger partial charge in [-0.3, -0.25) is 0 Å². The van der Waals surface area contributed by atoms with Crippen molar-refractivity contribution < 1.29 is 4.74 Å². The zero-order chi connectivity index (χ0) is 17.9. The highest BCUT2D eigenvalue weighted by molar-refractivity contribution is 14.0. The summed E-state index contributed by atoms with van der Waals surface area (Å²) in [6, 6.07) is 10.2. The highest BCUT2D eigenvalue weighted by Gasteiger charge is 2.05. The molecule has 144 valence electrons. The monoisotopic (exact) mass is 488 g/mol. The van der Waals surface area contributed by atoms with Crippen molar-refractivity contribution in [3.8, 4) is 0 Å². The number of aliphatic imine (C=N–C) groups is 1. The van der Waals surface area contributed by atoms with E-state index in [-0.39, 0.29) is 24.0 Å². The Morgan fingerprint density at radius 3 is 2.65 bits per heavy atom. The molecule has 1 aromatic carbocycles. The number of nitrogens with zero attached hydrogens (tertiary/aromatic N) is 2. The Balaban J connectivity index is 0.00000338. The maximum atomic E-state index is 5.69. The van der Waals surface area contributed by atoms with Gasteiger partial charge >= 0.3 is 0 Å². The van der Waals surface area contributed by atoms with Crippen molar-refractivity contribution in [1.82, 2.24) is 15.6 Å². The quantitative estimate of drug-likeness (QED) is 0.241. The van der Waals surface area contributed by atoms with Crippen LogP contribution < -0.4 is 10.6 Å². The van der Waals surface area contributed by atoms with Gasteiger partial charge in [-0.05, 0) is 18.4 Å². The van der Waals surface area contributed by atoms with Crippen LogP contribution in [0.4, 0.5) is 0 Å². The minimum absolute atomic E-state index is 0. The summed E-state index contributed by atoms with van der Waals surface area (Å²) in [4.78, 5) is 9.22. The van der Waals surface area contributed by atoms with Crippen LogP contribution in [0, 0.1) is 0 Å². The van der Waals surface area contributed by atoms with Gasteiger partial charge in [0.1, 0.15) is 5.01 Å². The lowest BCUT2D eigenvalue weighted by Crippen LogP contribution is -2.38. The van der Waals surface area contributed by atoms with E-state index in [1.54, 1.807) is 11.3 Å². The van der Waals surface area contributed by atoms with E-state index < -0.39 is 0 Å². The van der Waals surface area contributed by atoms with E-state index in [0.29, 0.717) is 32.2 Å². The van der Waals surface area contributed by atoms with E-state index in [9.17, 15) is 0 Å². The van der Waals surface area contributed by atoms with Crippen LogP contribution in [0.5, 0.6) is 0 Å². The standard InChI is InChI=1S/C19H28N4OS.HI/c1-4-20-19(22-12-18-23-17(14-25-18)15(2)3)21-10-11-24-13-16-8-6-5-7-9-16;/h5-9,14-15H,4,10-13H2,1-3H3,(H2,20,21,22);1H. The zero-order valence-electron chi connectivity index (χ0n) is 15.7. The first-order valence-electron chi connectivity index (χ1n) is 8.77. The van der Waals surface area contributed by atoms with Crippen LogP contribution in [0.1, 0.15) is 43.0 Å². The highest BCUT2D eigenvalue weighted by Crippen LogP contribution is 2.18. The second-order valence-electron chi connectivity index (χ2n) is 5.98. The Hall–Kier alpha value is -1.19. The first-order valence-corrected chi connectivity index (χ1v) is 9.65. The summed E-state index contributed by atoms with van der Waals surface area (Å²) in [5, 5.41) is 9.71. The number of nitrogens with one attached hydrogen (secondary N) is 2. The van der Waals surface area contributed by atoms with Gasteiger partial charge in [-0.15, -0.1) is 35.3 Å². The summed E-state index contributed by atoms with van der Waals surface area (Å²) in [6.45, 7) is 9.77. The molecule has 0 fully saturated rings. The molecular formula is C19H29IN4OS. The van der Waals surface area contributed by atoms with Crippen molar-refractivity contribution in [3.63, 3.8) is 0 Å². The predicted octanol–water partition coefficient (Wildman–Crippen LogP) is 4.16. The van der Waals surface area contributed by atoms with Gasteiger partial charge in [0.15, 0.2) is 5.96 Å². The van der Waals surface area contributed by atoms with Crippen LogP contribution in [0.25, 0.3) is 0 Å². The van der Waals surface area contributed by atoms with Crippen LogP contribution >= 0.6 is 35.3 Å².